The highest BCUT2D eigenvalue weighted by Crippen LogP contribution is 2.41. The van der Waals surface area contributed by atoms with Crippen molar-refractivity contribution in [3.63, 3.8) is 0 Å². The molecule has 0 saturated heterocycles. The summed E-state index contributed by atoms with van der Waals surface area (Å²) in [5, 5.41) is 1.35. The maximum atomic E-state index is 6.27. The third kappa shape index (κ3) is 3.18. The first kappa shape index (κ1) is 15.4. The van der Waals surface area contributed by atoms with Gasteiger partial charge in [0.2, 0.25) is 0 Å². The van der Waals surface area contributed by atoms with Gasteiger partial charge in [0.05, 0.1) is 4.83 Å². The van der Waals surface area contributed by atoms with E-state index in [-0.39, 0.29) is 4.83 Å². The fourth-order valence-electron chi connectivity index (χ4n) is 1.98. The second kappa shape index (κ2) is 6.17. The molecule has 0 aliphatic rings. The quantitative estimate of drug-likeness (QED) is 0.464. The number of alkyl halides is 1. The van der Waals surface area contributed by atoms with Crippen LogP contribution in [-0.2, 0) is 0 Å². The molecular formula is C15H12Br2Cl2. The van der Waals surface area contributed by atoms with Crippen molar-refractivity contribution in [2.45, 2.75) is 18.7 Å². The SMILES string of the molecule is Cc1cc(C(Br)c2c(Cl)cccc2Cl)c(C)cc1Br. The number of rotatable bonds is 2. The molecule has 0 heterocycles. The Bertz CT molecular complexity index is 604. The highest BCUT2D eigenvalue weighted by Gasteiger charge is 2.19. The maximum absolute atomic E-state index is 6.27. The van der Waals surface area contributed by atoms with Gasteiger partial charge < -0.3 is 0 Å². The van der Waals surface area contributed by atoms with Crippen LogP contribution in [0.25, 0.3) is 0 Å². The highest BCUT2D eigenvalue weighted by atomic mass is 79.9. The molecule has 2 rings (SSSR count). The highest BCUT2D eigenvalue weighted by molar-refractivity contribution is 9.10. The van der Waals surface area contributed by atoms with E-state index in [0.29, 0.717) is 10.0 Å². The third-order valence-electron chi connectivity index (χ3n) is 3.07. The molecule has 2 aromatic carbocycles. The third-order valence-corrected chi connectivity index (χ3v) is 5.54. The summed E-state index contributed by atoms with van der Waals surface area (Å²) in [6.45, 7) is 4.15. The summed E-state index contributed by atoms with van der Waals surface area (Å²) in [6, 6.07) is 9.84. The summed E-state index contributed by atoms with van der Waals surface area (Å²) in [5.74, 6) is 0. The van der Waals surface area contributed by atoms with Crippen LogP contribution in [0.3, 0.4) is 0 Å². The van der Waals surface area contributed by atoms with Crippen molar-refractivity contribution in [1.29, 1.82) is 0 Å². The Labute approximate surface area is 140 Å². The van der Waals surface area contributed by atoms with Gasteiger partial charge in [-0.3, -0.25) is 0 Å². The van der Waals surface area contributed by atoms with Crippen LogP contribution in [0.15, 0.2) is 34.8 Å². The molecule has 0 aromatic heterocycles. The van der Waals surface area contributed by atoms with Crippen LogP contribution in [0, 0.1) is 13.8 Å². The zero-order valence-corrected chi connectivity index (χ0v) is 15.2. The molecule has 0 aliphatic heterocycles. The molecule has 0 amide bonds. The largest absolute Gasteiger partial charge is 0.0839 e. The molecule has 0 radical (unpaired) electrons. The first-order valence-electron chi connectivity index (χ1n) is 5.76. The smallest absolute Gasteiger partial charge is 0.0676 e. The molecule has 0 bridgehead atoms. The first-order chi connectivity index (χ1) is 8.91. The molecular weight excluding hydrogens is 411 g/mol. The number of aryl methyl sites for hydroxylation is 2. The van der Waals surface area contributed by atoms with Crippen LogP contribution in [0.4, 0.5) is 0 Å². The fourth-order valence-corrected chi connectivity index (χ4v) is 4.31. The number of hydrogen-bond donors (Lipinski definition) is 0. The molecule has 0 N–H and O–H groups in total. The molecule has 19 heavy (non-hydrogen) atoms. The second-order valence-corrected chi connectivity index (χ2v) is 7.04. The van der Waals surface area contributed by atoms with Gasteiger partial charge in [0.15, 0.2) is 0 Å². The van der Waals surface area contributed by atoms with E-state index in [1.165, 1.54) is 16.7 Å². The normalized spacial score (nSPS) is 12.5. The zero-order chi connectivity index (χ0) is 14.2. The average molecular weight is 423 g/mol. The van der Waals surface area contributed by atoms with Crippen LogP contribution < -0.4 is 0 Å². The maximum Gasteiger partial charge on any atom is 0.0676 e. The minimum atomic E-state index is -0.0134. The van der Waals surface area contributed by atoms with Gasteiger partial charge in [-0.15, -0.1) is 0 Å². The topological polar surface area (TPSA) is 0 Å². The Morgan fingerprint density at radius 2 is 1.58 bits per heavy atom. The molecule has 1 unspecified atom stereocenters. The van der Waals surface area contributed by atoms with Crippen molar-refractivity contribution in [1.82, 2.24) is 0 Å². The summed E-state index contributed by atoms with van der Waals surface area (Å²) in [4.78, 5) is -0.0134. The molecule has 4 heteroatoms. The van der Waals surface area contributed by atoms with Gasteiger partial charge in [-0.2, -0.15) is 0 Å². The van der Waals surface area contributed by atoms with E-state index in [2.05, 4.69) is 57.8 Å². The lowest BCUT2D eigenvalue weighted by Gasteiger charge is -2.18. The van der Waals surface area contributed by atoms with Gasteiger partial charge in [0.1, 0.15) is 0 Å². The van der Waals surface area contributed by atoms with E-state index in [0.717, 1.165) is 10.0 Å². The van der Waals surface area contributed by atoms with Gasteiger partial charge >= 0.3 is 0 Å². The molecule has 0 nitrogen and oxygen atoms in total. The van der Waals surface area contributed by atoms with E-state index >= 15 is 0 Å². The lowest BCUT2D eigenvalue weighted by atomic mass is 9.98. The van der Waals surface area contributed by atoms with Crippen molar-refractivity contribution in [2.24, 2.45) is 0 Å². The Kier molecular flexibility index (Phi) is 4.99. The molecule has 0 spiro atoms. The van der Waals surface area contributed by atoms with Gasteiger partial charge in [-0.05, 0) is 48.7 Å². The molecule has 1 atom stereocenters. The summed E-state index contributed by atoms with van der Waals surface area (Å²) in [7, 11) is 0. The van der Waals surface area contributed by atoms with E-state index in [1.807, 2.05) is 18.2 Å². The van der Waals surface area contributed by atoms with Crippen LogP contribution >= 0.6 is 55.1 Å². The molecule has 100 valence electrons. The van der Waals surface area contributed by atoms with Crippen molar-refractivity contribution >= 4 is 55.1 Å². The minimum absolute atomic E-state index is 0.0134. The summed E-state index contributed by atoms with van der Waals surface area (Å²) >= 11 is 19.8. The van der Waals surface area contributed by atoms with Crippen LogP contribution in [-0.4, -0.2) is 0 Å². The number of hydrogen-bond acceptors (Lipinski definition) is 0. The van der Waals surface area contributed by atoms with Gasteiger partial charge in [0, 0.05) is 20.1 Å². The summed E-state index contributed by atoms with van der Waals surface area (Å²) in [6.07, 6.45) is 0. The first-order valence-corrected chi connectivity index (χ1v) is 8.23. The molecule has 0 aliphatic carbocycles. The molecule has 2 aromatic rings. The standard InChI is InChI=1S/C15H12Br2Cl2/c1-8-7-11(16)9(2)6-10(8)15(17)14-12(18)4-3-5-13(14)19/h3-7,15H,1-2H3. The second-order valence-electron chi connectivity index (χ2n) is 4.46. The Morgan fingerprint density at radius 3 is 2.16 bits per heavy atom. The van der Waals surface area contributed by atoms with Gasteiger partial charge in [-0.25, -0.2) is 0 Å². The van der Waals surface area contributed by atoms with Crippen LogP contribution in [0.5, 0.6) is 0 Å². The summed E-state index contributed by atoms with van der Waals surface area (Å²) < 4.78 is 1.11. The Morgan fingerprint density at radius 1 is 1.00 bits per heavy atom. The zero-order valence-electron chi connectivity index (χ0n) is 10.5. The van der Waals surface area contributed by atoms with Crippen molar-refractivity contribution < 1.29 is 0 Å². The van der Waals surface area contributed by atoms with E-state index in [9.17, 15) is 0 Å². The van der Waals surface area contributed by atoms with Gasteiger partial charge in [0.25, 0.3) is 0 Å². The number of benzene rings is 2. The minimum Gasteiger partial charge on any atom is -0.0839 e. The Balaban J connectivity index is 2.56. The van der Waals surface area contributed by atoms with E-state index in [4.69, 9.17) is 23.2 Å². The van der Waals surface area contributed by atoms with Gasteiger partial charge in [-0.1, -0.05) is 67.2 Å². The summed E-state index contributed by atoms with van der Waals surface area (Å²) in [5.41, 5.74) is 4.47. The monoisotopic (exact) mass is 420 g/mol. The molecule has 0 fully saturated rings. The number of halogens is 4. The van der Waals surface area contributed by atoms with Crippen LogP contribution in [0.2, 0.25) is 10.0 Å². The van der Waals surface area contributed by atoms with Crippen molar-refractivity contribution in [3.05, 3.63) is 67.1 Å². The predicted molar refractivity (Wildman–Crippen MR) is 90.8 cm³/mol. The lowest BCUT2D eigenvalue weighted by Crippen LogP contribution is -1.99. The lowest BCUT2D eigenvalue weighted by molar-refractivity contribution is 1.13. The van der Waals surface area contributed by atoms with E-state index < -0.39 is 0 Å². The Hall–Kier alpha value is -0.0200. The van der Waals surface area contributed by atoms with Crippen molar-refractivity contribution in [2.75, 3.05) is 0 Å². The van der Waals surface area contributed by atoms with Crippen molar-refractivity contribution in [3.8, 4) is 0 Å². The molecule has 0 saturated carbocycles. The van der Waals surface area contributed by atoms with Crippen LogP contribution in [0.1, 0.15) is 27.1 Å². The predicted octanol–water partition coefficient (Wildman–Crippen LogP) is 6.86. The average Bonchev–Trinajstić information content (AvgIpc) is 2.33. The van der Waals surface area contributed by atoms with E-state index in [1.54, 1.807) is 0 Å². The fraction of sp³-hybridized carbons (Fsp3) is 0.200.